The first-order valence-corrected chi connectivity index (χ1v) is 13.8. The number of benzene rings is 3. The van der Waals surface area contributed by atoms with Crippen LogP contribution in [0.15, 0.2) is 91.5 Å². The lowest BCUT2D eigenvalue weighted by Crippen LogP contribution is -2.16. The van der Waals surface area contributed by atoms with E-state index in [1.807, 2.05) is 30.3 Å². The van der Waals surface area contributed by atoms with E-state index in [1.165, 1.54) is 5.56 Å². The highest BCUT2D eigenvalue weighted by Crippen LogP contribution is 2.42. The fraction of sp³-hybridized carbons (Fsp3) is 0.382. The fourth-order valence-corrected chi connectivity index (χ4v) is 5.42. The van der Waals surface area contributed by atoms with Crippen LogP contribution in [0.1, 0.15) is 74.5 Å². The van der Waals surface area contributed by atoms with E-state index in [-0.39, 0.29) is 12.0 Å². The van der Waals surface area contributed by atoms with Gasteiger partial charge in [-0.2, -0.15) is 0 Å². The lowest BCUT2D eigenvalue weighted by atomic mass is 9.80. The minimum atomic E-state index is 0.101. The van der Waals surface area contributed by atoms with E-state index in [0.29, 0.717) is 31.1 Å². The Morgan fingerprint density at radius 2 is 1.73 bits per heavy atom. The summed E-state index contributed by atoms with van der Waals surface area (Å²) in [5.74, 6) is 2.52. The second-order valence-corrected chi connectivity index (χ2v) is 10.3. The molecule has 0 bridgehead atoms. The highest BCUT2D eigenvalue weighted by Gasteiger charge is 2.30. The summed E-state index contributed by atoms with van der Waals surface area (Å²) < 4.78 is 12.8. The van der Waals surface area contributed by atoms with Crippen molar-refractivity contribution < 1.29 is 14.3 Å². The zero-order chi connectivity index (χ0) is 25.9. The molecule has 3 atom stereocenters. The van der Waals surface area contributed by atoms with Crippen molar-refractivity contribution in [3.63, 3.8) is 0 Å². The van der Waals surface area contributed by atoms with Crippen molar-refractivity contribution in [3.05, 3.63) is 108 Å². The lowest BCUT2D eigenvalue weighted by molar-refractivity contribution is -0.119. The minimum Gasteiger partial charge on any atom is -0.491 e. The van der Waals surface area contributed by atoms with Crippen LogP contribution in [0.2, 0.25) is 0 Å². The van der Waals surface area contributed by atoms with Crippen molar-refractivity contribution in [2.24, 2.45) is 5.92 Å². The van der Waals surface area contributed by atoms with Gasteiger partial charge in [0, 0.05) is 18.9 Å². The van der Waals surface area contributed by atoms with Gasteiger partial charge in [-0.1, -0.05) is 72.8 Å². The monoisotopic (exact) mass is 496 g/mol. The summed E-state index contributed by atoms with van der Waals surface area (Å²) in [6, 6.07) is 27.0. The first kappa shape index (κ1) is 26.7. The van der Waals surface area contributed by atoms with E-state index in [9.17, 15) is 4.79 Å². The summed E-state index contributed by atoms with van der Waals surface area (Å²) in [7, 11) is 0. The molecular formula is C34H40O3. The van der Waals surface area contributed by atoms with Crippen LogP contribution >= 0.6 is 0 Å². The maximum absolute atomic E-state index is 12.6. The zero-order valence-electron chi connectivity index (χ0n) is 22.1. The molecule has 0 heterocycles. The molecular weight excluding hydrogens is 456 g/mol. The predicted molar refractivity (Wildman–Crippen MR) is 151 cm³/mol. The van der Waals surface area contributed by atoms with Crippen molar-refractivity contribution in [1.29, 1.82) is 0 Å². The van der Waals surface area contributed by atoms with E-state index in [4.69, 9.17) is 9.47 Å². The quantitative estimate of drug-likeness (QED) is 0.186. The number of carbonyl (C=O) groups excluding carboxylic acids is 1. The van der Waals surface area contributed by atoms with E-state index in [1.54, 1.807) is 0 Å². The van der Waals surface area contributed by atoms with Gasteiger partial charge in [-0.3, -0.25) is 4.79 Å². The van der Waals surface area contributed by atoms with E-state index >= 15 is 0 Å². The highest BCUT2D eigenvalue weighted by atomic mass is 16.5. The predicted octanol–water partition coefficient (Wildman–Crippen LogP) is 8.47. The topological polar surface area (TPSA) is 35.5 Å². The van der Waals surface area contributed by atoms with Gasteiger partial charge in [0.25, 0.3) is 0 Å². The molecule has 0 amide bonds. The maximum Gasteiger partial charge on any atom is 0.133 e. The van der Waals surface area contributed by atoms with Crippen molar-refractivity contribution in [2.45, 2.75) is 76.9 Å². The molecule has 3 nitrogen and oxygen atoms in total. The van der Waals surface area contributed by atoms with Gasteiger partial charge in [0.05, 0.1) is 6.10 Å². The molecule has 0 aliphatic heterocycles. The van der Waals surface area contributed by atoms with Crippen LogP contribution in [-0.4, -0.2) is 11.9 Å². The number of ketones is 1. The summed E-state index contributed by atoms with van der Waals surface area (Å²) >= 11 is 0. The number of Topliss-reactive ketones (excluding diaryl/α,β-unsaturated/α-hetero) is 1. The average molecular weight is 497 g/mol. The summed E-state index contributed by atoms with van der Waals surface area (Å²) in [6.45, 7) is 6.60. The Morgan fingerprint density at radius 1 is 1.00 bits per heavy atom. The van der Waals surface area contributed by atoms with Crippen molar-refractivity contribution in [3.8, 4) is 11.5 Å². The zero-order valence-corrected chi connectivity index (χ0v) is 22.1. The van der Waals surface area contributed by atoms with Gasteiger partial charge in [0.2, 0.25) is 0 Å². The van der Waals surface area contributed by atoms with Gasteiger partial charge in [-0.25, -0.2) is 0 Å². The SMILES string of the molecule is C=CCC1CCCC(=O)CC1c1ccc(OC(C)CCCc2ccccc2)cc1OCc1ccccc1. The molecule has 3 heteroatoms. The molecule has 37 heavy (non-hydrogen) atoms. The molecule has 1 aliphatic rings. The first-order valence-electron chi connectivity index (χ1n) is 13.8. The normalized spacial score (nSPS) is 18.6. The molecule has 1 fully saturated rings. The van der Waals surface area contributed by atoms with Crippen molar-refractivity contribution >= 4 is 5.78 Å². The molecule has 3 aromatic carbocycles. The van der Waals surface area contributed by atoms with E-state index in [2.05, 4.69) is 68.1 Å². The lowest BCUT2D eigenvalue weighted by Gasteiger charge is -2.27. The number of hydrogen-bond acceptors (Lipinski definition) is 3. The molecule has 194 valence electrons. The molecule has 4 rings (SSSR count). The van der Waals surface area contributed by atoms with Gasteiger partial charge >= 0.3 is 0 Å². The Hall–Kier alpha value is -3.33. The minimum absolute atomic E-state index is 0.101. The summed E-state index contributed by atoms with van der Waals surface area (Å²) in [5, 5.41) is 0. The third kappa shape index (κ3) is 8.08. The molecule has 0 spiro atoms. The molecule has 0 radical (unpaired) electrons. The number of hydrogen-bond donors (Lipinski definition) is 0. The Morgan fingerprint density at radius 3 is 2.46 bits per heavy atom. The van der Waals surface area contributed by atoms with Crippen LogP contribution < -0.4 is 9.47 Å². The Bertz CT molecular complexity index is 1120. The standard InChI is InChI=1S/C34H40O3/c1-3-12-29-19-11-20-30(35)23-33(29)32-22-21-31(24-34(32)36-25-28-16-8-5-9-17-28)37-26(2)13-10-18-27-14-6-4-7-15-27/h3-9,14-17,21-22,24,26,29,33H,1,10-13,18-20,23,25H2,2H3. The van der Waals surface area contributed by atoms with Crippen LogP contribution in [0, 0.1) is 5.92 Å². The van der Waals surface area contributed by atoms with Crippen LogP contribution in [0.5, 0.6) is 11.5 Å². The van der Waals surface area contributed by atoms with Crippen molar-refractivity contribution in [2.75, 3.05) is 0 Å². The fourth-order valence-electron chi connectivity index (χ4n) is 5.42. The van der Waals surface area contributed by atoms with Crippen molar-refractivity contribution in [1.82, 2.24) is 0 Å². The second kappa shape index (κ2) is 13.8. The number of allylic oxidation sites excluding steroid dienone is 1. The number of rotatable bonds is 12. The number of ether oxygens (including phenoxy) is 2. The summed E-state index contributed by atoms with van der Waals surface area (Å²) in [4.78, 5) is 12.6. The largest absolute Gasteiger partial charge is 0.491 e. The number of carbonyl (C=O) groups is 1. The molecule has 1 aliphatic carbocycles. The van der Waals surface area contributed by atoms with Gasteiger partial charge in [-0.05, 0) is 80.0 Å². The summed E-state index contributed by atoms with van der Waals surface area (Å²) in [5.41, 5.74) is 3.60. The van der Waals surface area contributed by atoms with Crippen LogP contribution in [0.4, 0.5) is 0 Å². The average Bonchev–Trinajstić information content (AvgIpc) is 3.10. The van der Waals surface area contributed by atoms with Gasteiger partial charge in [-0.15, -0.1) is 6.58 Å². The maximum atomic E-state index is 12.6. The van der Waals surface area contributed by atoms with Crippen LogP contribution in [-0.2, 0) is 17.8 Å². The Labute approximate surface area is 222 Å². The highest BCUT2D eigenvalue weighted by molar-refractivity contribution is 5.79. The molecule has 1 saturated carbocycles. The molecule has 0 saturated heterocycles. The van der Waals surface area contributed by atoms with E-state index in [0.717, 1.165) is 61.2 Å². The third-order valence-corrected chi connectivity index (χ3v) is 7.39. The van der Waals surface area contributed by atoms with Gasteiger partial charge < -0.3 is 9.47 Å². The Kier molecular flexibility index (Phi) is 9.99. The van der Waals surface area contributed by atoms with Gasteiger partial charge in [0.1, 0.15) is 23.9 Å². The van der Waals surface area contributed by atoms with Crippen LogP contribution in [0.25, 0.3) is 0 Å². The number of aryl methyl sites for hydroxylation is 1. The molecule has 0 N–H and O–H groups in total. The summed E-state index contributed by atoms with van der Waals surface area (Å²) in [6.07, 6.45) is 9.35. The van der Waals surface area contributed by atoms with Gasteiger partial charge in [0.15, 0.2) is 0 Å². The Balaban J connectivity index is 1.50. The smallest absolute Gasteiger partial charge is 0.133 e. The third-order valence-electron chi connectivity index (χ3n) is 7.39. The first-order chi connectivity index (χ1) is 18.1. The van der Waals surface area contributed by atoms with E-state index < -0.39 is 0 Å². The molecule has 3 unspecified atom stereocenters. The molecule has 0 aromatic heterocycles. The second-order valence-electron chi connectivity index (χ2n) is 10.3. The molecule has 3 aromatic rings. The van der Waals surface area contributed by atoms with Crippen LogP contribution in [0.3, 0.4) is 0 Å².